The molecule has 0 aromatic carbocycles. The molecule has 0 aromatic heterocycles. The second-order valence-electron chi connectivity index (χ2n) is 3.31. The maximum absolute atomic E-state index is 11.3. The average molecular weight is 222 g/mol. The van der Waals surface area contributed by atoms with Gasteiger partial charge in [-0.15, -0.1) is 0 Å². The maximum atomic E-state index is 11.3. The van der Waals surface area contributed by atoms with Gasteiger partial charge in [0, 0.05) is 6.04 Å². The van der Waals surface area contributed by atoms with Crippen molar-refractivity contribution >= 4 is 16.0 Å². The van der Waals surface area contributed by atoms with E-state index in [1.165, 1.54) is 0 Å². The van der Waals surface area contributed by atoms with Crippen molar-refractivity contribution in [1.82, 2.24) is 9.44 Å². The highest BCUT2D eigenvalue weighted by molar-refractivity contribution is 7.87. The predicted octanol–water partition coefficient (Wildman–Crippen LogP) is -0.467. The summed E-state index contributed by atoms with van der Waals surface area (Å²) in [4.78, 5) is 0. The van der Waals surface area contributed by atoms with Crippen LogP contribution in [0.5, 0.6) is 0 Å². The average Bonchev–Trinajstić information content (AvgIpc) is 1.97. The van der Waals surface area contributed by atoms with Crippen LogP contribution in [0.3, 0.4) is 0 Å². The molecule has 0 bridgehead atoms. The molecular formula is C7H18N4O2S. The van der Waals surface area contributed by atoms with Crippen molar-refractivity contribution in [3.63, 3.8) is 0 Å². The highest BCUT2D eigenvalue weighted by Crippen LogP contribution is 1.93. The first-order valence-electron chi connectivity index (χ1n) is 4.42. The molecule has 0 saturated carbocycles. The van der Waals surface area contributed by atoms with Crippen LogP contribution in [0.15, 0.2) is 0 Å². The van der Waals surface area contributed by atoms with Gasteiger partial charge in [0.05, 0.1) is 6.04 Å². The Morgan fingerprint density at radius 2 is 1.93 bits per heavy atom. The van der Waals surface area contributed by atoms with Crippen molar-refractivity contribution in [2.24, 2.45) is 5.73 Å². The topological polar surface area (TPSA) is 108 Å². The van der Waals surface area contributed by atoms with Crippen molar-refractivity contribution in [3.8, 4) is 0 Å². The van der Waals surface area contributed by atoms with Crippen LogP contribution in [0, 0.1) is 5.41 Å². The fourth-order valence-electron chi connectivity index (χ4n) is 0.898. The number of amidine groups is 1. The third kappa shape index (κ3) is 5.15. The molecule has 0 aromatic rings. The molecule has 0 aliphatic carbocycles. The molecule has 6 nitrogen and oxygen atoms in total. The minimum atomic E-state index is -3.56. The van der Waals surface area contributed by atoms with Gasteiger partial charge in [0.2, 0.25) is 0 Å². The Balaban J connectivity index is 4.41. The zero-order valence-corrected chi connectivity index (χ0v) is 9.48. The van der Waals surface area contributed by atoms with Gasteiger partial charge < -0.3 is 5.73 Å². The van der Waals surface area contributed by atoms with E-state index in [0.717, 1.165) is 0 Å². The lowest BCUT2D eigenvalue weighted by Gasteiger charge is -2.17. The molecule has 1 unspecified atom stereocenters. The van der Waals surface area contributed by atoms with Crippen LogP contribution in [0.4, 0.5) is 0 Å². The van der Waals surface area contributed by atoms with E-state index in [0.29, 0.717) is 6.42 Å². The summed E-state index contributed by atoms with van der Waals surface area (Å²) in [6.45, 7) is 5.19. The van der Waals surface area contributed by atoms with Gasteiger partial charge in [-0.1, -0.05) is 6.92 Å². The van der Waals surface area contributed by atoms with Gasteiger partial charge in [0.1, 0.15) is 5.84 Å². The normalized spacial score (nSPS) is 14.3. The fourth-order valence-corrected chi connectivity index (χ4v) is 2.26. The van der Waals surface area contributed by atoms with Crippen LogP contribution >= 0.6 is 0 Å². The fraction of sp³-hybridized carbons (Fsp3) is 0.857. The standard InChI is InChI=1S/C7H18N4O2S/c1-4-6(7(8)9)11-14(12,13)10-5(2)3/h5-6,10-11H,4H2,1-3H3,(H3,8,9). The van der Waals surface area contributed by atoms with Gasteiger partial charge >= 0.3 is 0 Å². The molecule has 0 fully saturated rings. The second kappa shape index (κ2) is 5.28. The largest absolute Gasteiger partial charge is 0.386 e. The Hall–Kier alpha value is -0.660. The van der Waals surface area contributed by atoms with Crippen LogP contribution < -0.4 is 15.2 Å². The minimum Gasteiger partial charge on any atom is -0.386 e. The van der Waals surface area contributed by atoms with Crippen molar-refractivity contribution in [3.05, 3.63) is 0 Å². The molecule has 0 rings (SSSR count). The van der Waals surface area contributed by atoms with Gasteiger partial charge in [-0.25, -0.2) is 0 Å². The Bertz CT molecular complexity index is 286. The summed E-state index contributed by atoms with van der Waals surface area (Å²) in [7, 11) is -3.56. The molecule has 0 aliphatic rings. The molecule has 14 heavy (non-hydrogen) atoms. The number of hydrogen-bond acceptors (Lipinski definition) is 3. The molecule has 0 amide bonds. The summed E-state index contributed by atoms with van der Waals surface area (Å²) < 4.78 is 27.3. The van der Waals surface area contributed by atoms with Crippen molar-refractivity contribution in [2.75, 3.05) is 0 Å². The number of rotatable bonds is 6. The molecule has 84 valence electrons. The number of nitrogens with two attached hydrogens (primary N) is 1. The molecule has 5 N–H and O–H groups in total. The maximum Gasteiger partial charge on any atom is 0.277 e. The lowest BCUT2D eigenvalue weighted by Crippen LogP contribution is -2.49. The van der Waals surface area contributed by atoms with E-state index < -0.39 is 16.3 Å². The summed E-state index contributed by atoms with van der Waals surface area (Å²) in [5.41, 5.74) is 5.21. The molecular weight excluding hydrogens is 204 g/mol. The van der Waals surface area contributed by atoms with E-state index >= 15 is 0 Å². The highest BCUT2D eigenvalue weighted by atomic mass is 32.2. The van der Waals surface area contributed by atoms with Crippen LogP contribution in [0.25, 0.3) is 0 Å². The quantitative estimate of drug-likeness (QED) is 0.360. The van der Waals surface area contributed by atoms with Gasteiger partial charge in [-0.2, -0.15) is 17.9 Å². The molecule has 1 atom stereocenters. The van der Waals surface area contributed by atoms with Crippen LogP contribution in [0.2, 0.25) is 0 Å². The van der Waals surface area contributed by atoms with Crippen molar-refractivity contribution in [1.29, 1.82) is 5.41 Å². The number of nitrogens with one attached hydrogen (secondary N) is 3. The lowest BCUT2D eigenvalue weighted by molar-refractivity contribution is 0.546. The summed E-state index contributed by atoms with van der Waals surface area (Å²) in [5.74, 6) is -0.179. The molecule has 0 saturated heterocycles. The van der Waals surface area contributed by atoms with Crippen molar-refractivity contribution < 1.29 is 8.42 Å². The van der Waals surface area contributed by atoms with E-state index in [1.807, 2.05) is 0 Å². The molecule has 0 spiro atoms. The van der Waals surface area contributed by atoms with Gasteiger partial charge in [0.15, 0.2) is 0 Å². The third-order valence-corrected chi connectivity index (χ3v) is 2.85. The first kappa shape index (κ1) is 13.3. The van der Waals surface area contributed by atoms with E-state index in [4.69, 9.17) is 11.1 Å². The Kier molecular flexibility index (Phi) is 5.03. The molecule has 0 heterocycles. The van der Waals surface area contributed by atoms with Crippen LogP contribution in [0.1, 0.15) is 27.2 Å². The van der Waals surface area contributed by atoms with E-state index in [-0.39, 0.29) is 11.9 Å². The van der Waals surface area contributed by atoms with Crippen LogP contribution in [-0.2, 0) is 10.2 Å². The zero-order valence-electron chi connectivity index (χ0n) is 8.66. The monoisotopic (exact) mass is 222 g/mol. The van der Waals surface area contributed by atoms with Gasteiger partial charge in [-0.05, 0) is 20.3 Å². The number of hydrogen-bond donors (Lipinski definition) is 4. The summed E-state index contributed by atoms with van der Waals surface area (Å²) in [5, 5.41) is 7.14. The first-order valence-corrected chi connectivity index (χ1v) is 5.90. The summed E-state index contributed by atoms with van der Waals surface area (Å²) in [6, 6.07) is -0.816. The van der Waals surface area contributed by atoms with E-state index in [1.54, 1.807) is 20.8 Å². The SMILES string of the molecule is CCC(NS(=O)(=O)NC(C)C)C(=N)N. The van der Waals surface area contributed by atoms with Crippen molar-refractivity contribution in [2.45, 2.75) is 39.3 Å². The smallest absolute Gasteiger partial charge is 0.277 e. The first-order chi connectivity index (χ1) is 6.28. The summed E-state index contributed by atoms with van der Waals surface area (Å²) in [6.07, 6.45) is 0.453. The summed E-state index contributed by atoms with van der Waals surface area (Å²) >= 11 is 0. The second-order valence-corrected chi connectivity index (χ2v) is 4.79. The zero-order chi connectivity index (χ0) is 11.4. The van der Waals surface area contributed by atoms with Crippen LogP contribution in [-0.4, -0.2) is 26.3 Å². The predicted molar refractivity (Wildman–Crippen MR) is 56.3 cm³/mol. The molecule has 7 heteroatoms. The van der Waals surface area contributed by atoms with Gasteiger partial charge in [0.25, 0.3) is 10.2 Å². The molecule has 0 aliphatic heterocycles. The molecule has 0 radical (unpaired) electrons. The third-order valence-electron chi connectivity index (χ3n) is 1.47. The Morgan fingerprint density at radius 1 is 1.43 bits per heavy atom. The minimum absolute atomic E-state index is 0.179. The Labute approximate surface area is 85.0 Å². The lowest BCUT2D eigenvalue weighted by atomic mass is 10.2. The van der Waals surface area contributed by atoms with E-state index in [9.17, 15) is 8.42 Å². The van der Waals surface area contributed by atoms with E-state index in [2.05, 4.69) is 9.44 Å². The Morgan fingerprint density at radius 3 is 2.21 bits per heavy atom. The highest BCUT2D eigenvalue weighted by Gasteiger charge is 2.18. The van der Waals surface area contributed by atoms with Gasteiger partial charge in [-0.3, -0.25) is 5.41 Å².